The molecule has 1 saturated heterocycles. The highest BCUT2D eigenvalue weighted by Gasteiger charge is 2.36. The van der Waals surface area contributed by atoms with Crippen LogP contribution in [0.3, 0.4) is 0 Å². The molecule has 2 rings (SSSR count). The monoisotopic (exact) mass is 290 g/mol. The van der Waals surface area contributed by atoms with Crippen LogP contribution >= 0.6 is 0 Å². The van der Waals surface area contributed by atoms with Crippen molar-refractivity contribution in [3.63, 3.8) is 0 Å². The maximum absolute atomic E-state index is 11.7. The second kappa shape index (κ2) is 6.83. The van der Waals surface area contributed by atoms with Crippen LogP contribution in [-0.2, 0) is 27.2 Å². The molecule has 0 saturated carbocycles. The summed E-state index contributed by atoms with van der Waals surface area (Å²) in [7, 11) is 0. The summed E-state index contributed by atoms with van der Waals surface area (Å²) in [6.45, 7) is 2.85. The number of carbonyl (C=O) groups excluding carboxylic acids is 2. The van der Waals surface area contributed by atoms with E-state index >= 15 is 0 Å². The van der Waals surface area contributed by atoms with Gasteiger partial charge in [0.25, 0.3) is 0 Å². The Balaban J connectivity index is 1.72. The van der Waals surface area contributed by atoms with Gasteiger partial charge in [-0.1, -0.05) is 31.2 Å². The highest BCUT2D eigenvalue weighted by atomic mass is 16.5. The predicted octanol–water partition coefficient (Wildman–Crippen LogP) is 0.942. The molecule has 1 aromatic carbocycles. The number of hydrogen-bond donors (Lipinski definition) is 2. The van der Waals surface area contributed by atoms with Gasteiger partial charge in [-0.3, -0.25) is 14.9 Å². The third-order valence-electron chi connectivity index (χ3n) is 3.64. The standard InChI is InChI=1S/C16H22N2O3/c1-2-12-3-5-13(6-4-12)7-8-14(19)18-15(20)9-16(17)10-21-11-16/h3-6H,2,7-11,17H2,1H3,(H,18,19,20). The average Bonchev–Trinajstić information content (AvgIpc) is 2.44. The lowest BCUT2D eigenvalue weighted by Gasteiger charge is -2.36. The highest BCUT2D eigenvalue weighted by molar-refractivity contribution is 5.95. The van der Waals surface area contributed by atoms with E-state index in [1.165, 1.54) is 5.56 Å². The number of nitrogens with one attached hydrogen (secondary N) is 1. The number of imide groups is 1. The van der Waals surface area contributed by atoms with Crippen molar-refractivity contribution < 1.29 is 14.3 Å². The minimum Gasteiger partial charge on any atom is -0.377 e. The summed E-state index contributed by atoms with van der Waals surface area (Å²) in [5.74, 6) is -0.587. The Labute approximate surface area is 124 Å². The molecule has 2 amide bonds. The Morgan fingerprint density at radius 3 is 2.33 bits per heavy atom. The largest absolute Gasteiger partial charge is 0.377 e. The van der Waals surface area contributed by atoms with Gasteiger partial charge in [0.15, 0.2) is 0 Å². The van der Waals surface area contributed by atoms with Gasteiger partial charge in [-0.15, -0.1) is 0 Å². The molecule has 3 N–H and O–H groups in total. The fraction of sp³-hybridized carbons (Fsp3) is 0.500. The Hall–Kier alpha value is -1.72. The van der Waals surface area contributed by atoms with Crippen LogP contribution in [0.1, 0.15) is 30.9 Å². The molecular formula is C16H22N2O3. The summed E-state index contributed by atoms with van der Waals surface area (Å²) in [4.78, 5) is 23.4. The number of amides is 2. The highest BCUT2D eigenvalue weighted by Crippen LogP contribution is 2.17. The maximum Gasteiger partial charge on any atom is 0.228 e. The van der Waals surface area contributed by atoms with Gasteiger partial charge in [0, 0.05) is 12.8 Å². The summed E-state index contributed by atoms with van der Waals surface area (Å²) in [6.07, 6.45) is 2.05. The summed E-state index contributed by atoms with van der Waals surface area (Å²) in [5, 5.41) is 2.38. The summed E-state index contributed by atoms with van der Waals surface area (Å²) in [6, 6.07) is 8.17. The molecule has 0 radical (unpaired) electrons. The topological polar surface area (TPSA) is 81.4 Å². The Morgan fingerprint density at radius 2 is 1.81 bits per heavy atom. The molecule has 0 spiro atoms. The number of aryl methyl sites for hydroxylation is 2. The zero-order valence-corrected chi connectivity index (χ0v) is 12.4. The van der Waals surface area contributed by atoms with Crippen molar-refractivity contribution >= 4 is 11.8 Å². The van der Waals surface area contributed by atoms with Crippen molar-refractivity contribution in [1.82, 2.24) is 5.32 Å². The minimum atomic E-state index is -0.597. The molecule has 1 heterocycles. The zero-order chi connectivity index (χ0) is 15.3. The van der Waals surface area contributed by atoms with Crippen LogP contribution in [0, 0.1) is 0 Å². The summed E-state index contributed by atoms with van der Waals surface area (Å²) in [5.41, 5.74) is 7.65. The second-order valence-electron chi connectivity index (χ2n) is 5.67. The van der Waals surface area contributed by atoms with Crippen LogP contribution in [0.5, 0.6) is 0 Å². The Bertz CT molecular complexity index is 507. The summed E-state index contributed by atoms with van der Waals surface area (Å²) < 4.78 is 4.98. The van der Waals surface area contributed by atoms with Crippen molar-refractivity contribution in [1.29, 1.82) is 0 Å². The van der Waals surface area contributed by atoms with Gasteiger partial charge in [0.2, 0.25) is 11.8 Å². The number of hydrogen-bond acceptors (Lipinski definition) is 4. The first-order valence-electron chi connectivity index (χ1n) is 7.28. The molecule has 1 aliphatic heterocycles. The van der Waals surface area contributed by atoms with Crippen LogP contribution in [0.15, 0.2) is 24.3 Å². The number of carbonyl (C=O) groups is 2. The first-order valence-corrected chi connectivity index (χ1v) is 7.28. The van der Waals surface area contributed by atoms with Gasteiger partial charge in [-0.05, 0) is 24.0 Å². The molecular weight excluding hydrogens is 268 g/mol. The molecule has 0 aliphatic carbocycles. The molecule has 1 aliphatic rings. The van der Waals surface area contributed by atoms with Crippen LogP contribution in [0.4, 0.5) is 0 Å². The van der Waals surface area contributed by atoms with E-state index in [0.29, 0.717) is 26.1 Å². The van der Waals surface area contributed by atoms with Gasteiger partial charge in [0.1, 0.15) is 0 Å². The number of benzene rings is 1. The SMILES string of the molecule is CCc1ccc(CCC(=O)NC(=O)CC2(N)COC2)cc1. The van der Waals surface area contributed by atoms with E-state index in [9.17, 15) is 9.59 Å². The lowest BCUT2D eigenvalue weighted by Crippen LogP contribution is -2.59. The van der Waals surface area contributed by atoms with E-state index in [0.717, 1.165) is 12.0 Å². The van der Waals surface area contributed by atoms with Crippen molar-refractivity contribution in [2.75, 3.05) is 13.2 Å². The molecule has 1 aromatic rings. The number of ether oxygens (including phenoxy) is 1. The van der Waals surface area contributed by atoms with Crippen molar-refractivity contribution in [2.24, 2.45) is 5.73 Å². The predicted molar refractivity (Wildman–Crippen MR) is 79.6 cm³/mol. The molecule has 5 nitrogen and oxygen atoms in total. The molecule has 0 aromatic heterocycles. The Kier molecular flexibility index (Phi) is 5.09. The average molecular weight is 290 g/mol. The fourth-order valence-electron chi connectivity index (χ4n) is 2.25. The van der Waals surface area contributed by atoms with E-state index in [2.05, 4.69) is 24.4 Å². The van der Waals surface area contributed by atoms with Crippen molar-refractivity contribution in [3.8, 4) is 0 Å². The second-order valence-corrected chi connectivity index (χ2v) is 5.67. The van der Waals surface area contributed by atoms with Gasteiger partial charge in [0.05, 0.1) is 18.8 Å². The van der Waals surface area contributed by atoms with Crippen LogP contribution in [0.25, 0.3) is 0 Å². The quantitative estimate of drug-likeness (QED) is 0.817. The van der Waals surface area contributed by atoms with Gasteiger partial charge in [-0.25, -0.2) is 0 Å². The van der Waals surface area contributed by atoms with Crippen LogP contribution < -0.4 is 11.1 Å². The zero-order valence-electron chi connectivity index (χ0n) is 12.4. The molecule has 0 unspecified atom stereocenters. The third kappa shape index (κ3) is 4.65. The molecule has 0 bridgehead atoms. The van der Waals surface area contributed by atoms with Gasteiger partial charge in [-0.2, -0.15) is 0 Å². The maximum atomic E-state index is 11.7. The summed E-state index contributed by atoms with van der Waals surface area (Å²) >= 11 is 0. The van der Waals surface area contributed by atoms with Crippen molar-refractivity contribution in [2.45, 2.75) is 38.1 Å². The van der Waals surface area contributed by atoms with Crippen LogP contribution in [0.2, 0.25) is 0 Å². The van der Waals surface area contributed by atoms with Gasteiger partial charge < -0.3 is 10.5 Å². The first kappa shape index (κ1) is 15.7. The third-order valence-corrected chi connectivity index (χ3v) is 3.64. The number of nitrogens with two attached hydrogens (primary N) is 1. The molecule has 0 atom stereocenters. The molecule has 21 heavy (non-hydrogen) atoms. The van der Waals surface area contributed by atoms with Crippen molar-refractivity contribution in [3.05, 3.63) is 35.4 Å². The molecule has 1 fully saturated rings. The number of rotatable bonds is 6. The normalized spacial score (nSPS) is 16.1. The Morgan fingerprint density at radius 1 is 1.19 bits per heavy atom. The minimum absolute atomic E-state index is 0.129. The van der Waals surface area contributed by atoms with E-state index in [4.69, 9.17) is 10.5 Å². The van der Waals surface area contributed by atoms with Crippen LogP contribution in [-0.4, -0.2) is 30.6 Å². The first-order chi connectivity index (χ1) is 10.0. The van der Waals surface area contributed by atoms with Gasteiger partial charge >= 0.3 is 0 Å². The van der Waals surface area contributed by atoms with E-state index in [1.807, 2.05) is 12.1 Å². The van der Waals surface area contributed by atoms with E-state index in [1.54, 1.807) is 0 Å². The smallest absolute Gasteiger partial charge is 0.228 e. The molecule has 5 heteroatoms. The van der Waals surface area contributed by atoms with E-state index in [-0.39, 0.29) is 18.2 Å². The lowest BCUT2D eigenvalue weighted by molar-refractivity contribution is -0.134. The fourth-order valence-corrected chi connectivity index (χ4v) is 2.25. The lowest BCUT2D eigenvalue weighted by atomic mass is 9.94. The molecule has 114 valence electrons. The van der Waals surface area contributed by atoms with E-state index < -0.39 is 5.54 Å².